The van der Waals surface area contributed by atoms with Crippen molar-refractivity contribution < 1.29 is 0 Å². The van der Waals surface area contributed by atoms with Gasteiger partial charge in [0.2, 0.25) is 0 Å². The average molecular weight is 284 g/mol. The fourth-order valence-electron chi connectivity index (χ4n) is 2.85. The van der Waals surface area contributed by atoms with Crippen LogP contribution < -0.4 is 5.32 Å². The molecule has 3 rings (SSSR count). The number of likely N-dealkylation sites (tertiary alicyclic amines) is 1. The van der Waals surface area contributed by atoms with Gasteiger partial charge in [-0.2, -0.15) is 5.10 Å². The fraction of sp³-hybridized carbons (Fsp3) is 0.471. The molecular formula is C17H24N4. The lowest BCUT2D eigenvalue weighted by Crippen LogP contribution is -2.34. The minimum Gasteiger partial charge on any atom is -0.311 e. The monoisotopic (exact) mass is 284 g/mol. The first kappa shape index (κ1) is 14.3. The number of hydrogen-bond acceptors (Lipinski definition) is 3. The van der Waals surface area contributed by atoms with Crippen molar-refractivity contribution in [2.75, 3.05) is 26.7 Å². The minimum atomic E-state index is 0.817. The SMILES string of the molecule is CN1CCC(CNCc2ccn(-c3ccccc3)n2)CC1. The van der Waals surface area contributed by atoms with Crippen LogP contribution in [0.4, 0.5) is 0 Å². The van der Waals surface area contributed by atoms with Gasteiger partial charge >= 0.3 is 0 Å². The van der Waals surface area contributed by atoms with Gasteiger partial charge in [-0.25, -0.2) is 4.68 Å². The molecule has 0 amide bonds. The van der Waals surface area contributed by atoms with E-state index in [2.05, 4.69) is 40.6 Å². The van der Waals surface area contributed by atoms with E-state index in [-0.39, 0.29) is 0 Å². The first-order chi connectivity index (χ1) is 10.3. The second-order valence-corrected chi connectivity index (χ2v) is 5.96. The fourth-order valence-corrected chi connectivity index (χ4v) is 2.85. The van der Waals surface area contributed by atoms with Crippen LogP contribution in [0.5, 0.6) is 0 Å². The molecule has 0 spiro atoms. The van der Waals surface area contributed by atoms with E-state index in [1.54, 1.807) is 0 Å². The third-order valence-corrected chi connectivity index (χ3v) is 4.24. The molecule has 1 fully saturated rings. The molecule has 0 unspecified atom stereocenters. The Morgan fingerprint density at radius 1 is 1.14 bits per heavy atom. The van der Waals surface area contributed by atoms with Crippen LogP contribution in [0.25, 0.3) is 5.69 Å². The zero-order chi connectivity index (χ0) is 14.5. The van der Waals surface area contributed by atoms with Crippen molar-refractivity contribution in [3.63, 3.8) is 0 Å². The van der Waals surface area contributed by atoms with Gasteiger partial charge in [0, 0.05) is 12.7 Å². The molecule has 1 aliphatic heterocycles. The molecule has 1 aromatic carbocycles. The van der Waals surface area contributed by atoms with Crippen LogP contribution in [0.1, 0.15) is 18.5 Å². The smallest absolute Gasteiger partial charge is 0.0766 e. The first-order valence-corrected chi connectivity index (χ1v) is 7.80. The Morgan fingerprint density at radius 2 is 1.90 bits per heavy atom. The van der Waals surface area contributed by atoms with Crippen LogP contribution >= 0.6 is 0 Å². The van der Waals surface area contributed by atoms with E-state index in [1.807, 2.05) is 29.1 Å². The van der Waals surface area contributed by atoms with E-state index in [1.165, 1.54) is 25.9 Å². The summed E-state index contributed by atoms with van der Waals surface area (Å²) in [5, 5.41) is 8.18. The molecule has 0 aliphatic carbocycles. The van der Waals surface area contributed by atoms with Crippen molar-refractivity contribution in [1.29, 1.82) is 0 Å². The number of hydrogen-bond donors (Lipinski definition) is 1. The highest BCUT2D eigenvalue weighted by Gasteiger charge is 2.15. The van der Waals surface area contributed by atoms with Crippen LogP contribution in [0.15, 0.2) is 42.6 Å². The van der Waals surface area contributed by atoms with Crippen LogP contribution in [0.2, 0.25) is 0 Å². The van der Waals surface area contributed by atoms with Crippen LogP contribution in [-0.4, -0.2) is 41.4 Å². The summed E-state index contributed by atoms with van der Waals surface area (Å²) in [5.41, 5.74) is 2.21. The second kappa shape index (κ2) is 6.87. The summed E-state index contributed by atoms with van der Waals surface area (Å²) in [5.74, 6) is 0.817. The Balaban J connectivity index is 1.47. The quantitative estimate of drug-likeness (QED) is 0.914. The van der Waals surface area contributed by atoms with Crippen LogP contribution in [0, 0.1) is 5.92 Å². The zero-order valence-electron chi connectivity index (χ0n) is 12.7. The Morgan fingerprint density at radius 3 is 2.67 bits per heavy atom. The molecular weight excluding hydrogens is 260 g/mol. The third kappa shape index (κ3) is 3.93. The highest BCUT2D eigenvalue weighted by molar-refractivity contribution is 5.30. The molecule has 1 aromatic heterocycles. The molecule has 1 saturated heterocycles. The van der Waals surface area contributed by atoms with Crippen molar-refractivity contribution >= 4 is 0 Å². The summed E-state index contributed by atoms with van der Waals surface area (Å²) in [4.78, 5) is 2.41. The molecule has 0 saturated carbocycles. The maximum atomic E-state index is 4.62. The Kier molecular flexibility index (Phi) is 4.68. The van der Waals surface area contributed by atoms with Crippen molar-refractivity contribution in [1.82, 2.24) is 20.0 Å². The van der Waals surface area contributed by atoms with Gasteiger partial charge in [-0.15, -0.1) is 0 Å². The summed E-state index contributed by atoms with van der Waals surface area (Å²) in [6.07, 6.45) is 4.64. The van der Waals surface area contributed by atoms with E-state index in [4.69, 9.17) is 0 Å². The summed E-state index contributed by atoms with van der Waals surface area (Å²) in [6, 6.07) is 12.3. The zero-order valence-corrected chi connectivity index (χ0v) is 12.7. The van der Waals surface area contributed by atoms with E-state index >= 15 is 0 Å². The van der Waals surface area contributed by atoms with Crippen LogP contribution in [-0.2, 0) is 6.54 Å². The number of para-hydroxylation sites is 1. The van der Waals surface area contributed by atoms with E-state index < -0.39 is 0 Å². The average Bonchev–Trinajstić information content (AvgIpc) is 2.99. The highest BCUT2D eigenvalue weighted by Crippen LogP contribution is 2.15. The summed E-state index contributed by atoms with van der Waals surface area (Å²) in [6.45, 7) is 4.42. The summed E-state index contributed by atoms with van der Waals surface area (Å²) >= 11 is 0. The van der Waals surface area contributed by atoms with Gasteiger partial charge < -0.3 is 10.2 Å². The van der Waals surface area contributed by atoms with Gasteiger partial charge in [-0.05, 0) is 63.6 Å². The number of nitrogens with one attached hydrogen (secondary N) is 1. The second-order valence-electron chi connectivity index (χ2n) is 5.96. The van der Waals surface area contributed by atoms with E-state index in [0.717, 1.165) is 30.4 Å². The van der Waals surface area contributed by atoms with E-state index in [9.17, 15) is 0 Å². The molecule has 0 radical (unpaired) electrons. The maximum absolute atomic E-state index is 4.62. The molecule has 4 nitrogen and oxygen atoms in total. The van der Waals surface area contributed by atoms with Crippen molar-refractivity contribution in [3.8, 4) is 5.69 Å². The van der Waals surface area contributed by atoms with Crippen molar-refractivity contribution in [2.45, 2.75) is 19.4 Å². The van der Waals surface area contributed by atoms with Gasteiger partial charge in [-0.3, -0.25) is 0 Å². The van der Waals surface area contributed by atoms with Crippen LogP contribution in [0.3, 0.4) is 0 Å². The number of rotatable bonds is 5. The predicted molar refractivity (Wildman–Crippen MR) is 85.5 cm³/mol. The van der Waals surface area contributed by atoms with Gasteiger partial charge in [0.25, 0.3) is 0 Å². The molecule has 0 atom stereocenters. The van der Waals surface area contributed by atoms with Gasteiger partial charge in [-0.1, -0.05) is 18.2 Å². The lowest BCUT2D eigenvalue weighted by Gasteiger charge is -2.28. The Bertz CT molecular complexity index is 541. The standard InChI is InChI=1S/C17H24N4/c1-20-10-7-15(8-11-20)13-18-14-16-9-12-21(19-16)17-5-3-2-4-6-17/h2-6,9,12,15,18H,7-8,10-11,13-14H2,1H3. The van der Waals surface area contributed by atoms with Crippen molar-refractivity contribution in [3.05, 3.63) is 48.3 Å². The Labute approximate surface area is 126 Å². The molecule has 1 N–H and O–H groups in total. The lowest BCUT2D eigenvalue weighted by atomic mass is 9.97. The number of benzene rings is 1. The van der Waals surface area contributed by atoms with E-state index in [0.29, 0.717) is 0 Å². The molecule has 1 aliphatic rings. The third-order valence-electron chi connectivity index (χ3n) is 4.24. The molecule has 2 aromatic rings. The number of aromatic nitrogens is 2. The summed E-state index contributed by atoms with van der Waals surface area (Å²) in [7, 11) is 2.21. The molecule has 4 heteroatoms. The first-order valence-electron chi connectivity index (χ1n) is 7.80. The topological polar surface area (TPSA) is 33.1 Å². The number of piperidine rings is 1. The van der Waals surface area contributed by atoms with Gasteiger partial charge in [0.1, 0.15) is 0 Å². The summed E-state index contributed by atoms with van der Waals surface area (Å²) < 4.78 is 1.94. The number of nitrogens with zero attached hydrogens (tertiary/aromatic N) is 3. The maximum Gasteiger partial charge on any atom is 0.0766 e. The minimum absolute atomic E-state index is 0.817. The predicted octanol–water partition coefficient (Wildman–Crippen LogP) is 2.30. The van der Waals surface area contributed by atoms with Gasteiger partial charge in [0.05, 0.1) is 11.4 Å². The lowest BCUT2D eigenvalue weighted by molar-refractivity contribution is 0.216. The molecule has 21 heavy (non-hydrogen) atoms. The van der Waals surface area contributed by atoms with Gasteiger partial charge in [0.15, 0.2) is 0 Å². The highest BCUT2D eigenvalue weighted by atomic mass is 15.3. The largest absolute Gasteiger partial charge is 0.311 e. The normalized spacial score (nSPS) is 17.2. The molecule has 112 valence electrons. The molecule has 2 heterocycles. The van der Waals surface area contributed by atoms with Crippen molar-refractivity contribution in [2.24, 2.45) is 5.92 Å². The Hall–Kier alpha value is -1.65. The molecule has 0 bridgehead atoms.